The van der Waals surface area contributed by atoms with Gasteiger partial charge in [-0.1, -0.05) is 54.0 Å². The number of hydrogen-bond acceptors (Lipinski definition) is 4. The van der Waals surface area contributed by atoms with E-state index in [0.29, 0.717) is 17.4 Å². The maximum Gasteiger partial charge on any atom is 0.325 e. The largest absolute Gasteiger partial charge is 0.493 e. The lowest BCUT2D eigenvalue weighted by molar-refractivity contribution is -0.131. The third-order valence-corrected chi connectivity index (χ3v) is 6.05. The summed E-state index contributed by atoms with van der Waals surface area (Å²) >= 11 is 3.49. The van der Waals surface area contributed by atoms with Crippen LogP contribution in [-0.2, 0) is 16.9 Å². The smallest absolute Gasteiger partial charge is 0.325 e. The van der Waals surface area contributed by atoms with E-state index in [2.05, 4.69) is 35.1 Å². The predicted octanol–water partition coefficient (Wildman–Crippen LogP) is 4.56. The van der Waals surface area contributed by atoms with Crippen molar-refractivity contribution in [2.24, 2.45) is 0 Å². The summed E-state index contributed by atoms with van der Waals surface area (Å²) in [6.45, 7) is 6.08. The van der Waals surface area contributed by atoms with Gasteiger partial charge in [0.2, 0.25) is 0 Å². The zero-order valence-electron chi connectivity index (χ0n) is 17.2. The van der Waals surface area contributed by atoms with Crippen molar-refractivity contribution in [3.8, 4) is 11.5 Å². The Morgan fingerprint density at radius 1 is 1.07 bits per heavy atom. The van der Waals surface area contributed by atoms with Crippen molar-refractivity contribution in [2.75, 3.05) is 14.2 Å². The van der Waals surface area contributed by atoms with Gasteiger partial charge in [-0.15, -0.1) is 0 Å². The Hall–Kier alpha value is -2.54. The number of nitrogens with one attached hydrogen (secondary N) is 1. The van der Waals surface area contributed by atoms with Crippen LogP contribution in [0.25, 0.3) is 0 Å². The Bertz CT molecular complexity index is 943. The van der Waals surface area contributed by atoms with Gasteiger partial charge >= 0.3 is 6.03 Å². The van der Waals surface area contributed by atoms with Gasteiger partial charge in [0.15, 0.2) is 11.5 Å². The molecule has 1 aliphatic rings. The SMILES string of the molecule is COc1cc(Br)c(CN2C(=O)NC(C)(c3ccc(C(C)C)cc3)C2=O)cc1OC. The highest BCUT2D eigenvalue weighted by atomic mass is 79.9. The van der Waals surface area contributed by atoms with Crippen LogP contribution in [0.15, 0.2) is 40.9 Å². The molecule has 1 unspecified atom stereocenters. The highest BCUT2D eigenvalue weighted by molar-refractivity contribution is 9.10. The molecule has 1 fully saturated rings. The van der Waals surface area contributed by atoms with Crippen LogP contribution in [0, 0.1) is 0 Å². The Kier molecular flexibility index (Phi) is 5.89. The van der Waals surface area contributed by atoms with E-state index >= 15 is 0 Å². The summed E-state index contributed by atoms with van der Waals surface area (Å²) in [6.07, 6.45) is 0. The molecule has 0 radical (unpaired) electrons. The van der Waals surface area contributed by atoms with Crippen molar-refractivity contribution >= 4 is 27.9 Å². The lowest BCUT2D eigenvalue weighted by Crippen LogP contribution is -2.40. The first kappa shape index (κ1) is 21.2. The van der Waals surface area contributed by atoms with Gasteiger partial charge in [0.05, 0.1) is 20.8 Å². The summed E-state index contributed by atoms with van der Waals surface area (Å²) < 4.78 is 11.4. The van der Waals surface area contributed by atoms with Crippen LogP contribution in [0.1, 0.15) is 43.4 Å². The molecule has 29 heavy (non-hydrogen) atoms. The molecule has 7 heteroatoms. The second kappa shape index (κ2) is 8.06. The van der Waals surface area contributed by atoms with Crippen molar-refractivity contribution < 1.29 is 19.1 Å². The lowest BCUT2D eigenvalue weighted by atomic mass is 9.90. The minimum absolute atomic E-state index is 0.116. The fourth-order valence-electron chi connectivity index (χ4n) is 3.43. The van der Waals surface area contributed by atoms with Crippen molar-refractivity contribution in [3.05, 3.63) is 57.6 Å². The van der Waals surface area contributed by atoms with E-state index in [1.807, 2.05) is 24.3 Å². The van der Waals surface area contributed by atoms with Crippen molar-refractivity contribution in [2.45, 2.75) is 38.8 Å². The molecule has 0 aliphatic carbocycles. The van der Waals surface area contributed by atoms with Crippen molar-refractivity contribution in [1.82, 2.24) is 10.2 Å². The molecule has 0 aromatic heterocycles. The molecule has 0 spiro atoms. The number of methoxy groups -OCH3 is 2. The molecule has 1 N–H and O–H groups in total. The zero-order valence-corrected chi connectivity index (χ0v) is 18.8. The number of urea groups is 1. The first-order valence-corrected chi connectivity index (χ1v) is 10.2. The molecule has 154 valence electrons. The summed E-state index contributed by atoms with van der Waals surface area (Å²) in [5.41, 5.74) is 1.58. The fourth-order valence-corrected chi connectivity index (χ4v) is 3.87. The van der Waals surface area contributed by atoms with E-state index in [1.165, 1.54) is 10.5 Å². The summed E-state index contributed by atoms with van der Waals surface area (Å²) in [4.78, 5) is 27.1. The number of benzene rings is 2. The molecular formula is C22H25BrN2O4. The molecular weight excluding hydrogens is 436 g/mol. The number of nitrogens with zero attached hydrogens (tertiary/aromatic N) is 1. The van der Waals surface area contributed by atoms with Crippen LogP contribution in [-0.4, -0.2) is 31.1 Å². The average molecular weight is 461 g/mol. The maximum absolute atomic E-state index is 13.2. The van der Waals surface area contributed by atoms with Crippen LogP contribution >= 0.6 is 15.9 Å². The number of amides is 3. The van der Waals surface area contributed by atoms with Gasteiger partial charge in [0.25, 0.3) is 5.91 Å². The number of hydrogen-bond donors (Lipinski definition) is 1. The monoisotopic (exact) mass is 460 g/mol. The molecule has 1 atom stereocenters. The molecule has 3 rings (SSSR count). The highest BCUT2D eigenvalue weighted by Crippen LogP contribution is 2.36. The molecule has 3 amide bonds. The van der Waals surface area contributed by atoms with E-state index in [9.17, 15) is 9.59 Å². The topological polar surface area (TPSA) is 67.9 Å². The number of carbonyl (C=O) groups is 2. The summed E-state index contributed by atoms with van der Waals surface area (Å²) in [5, 5.41) is 2.85. The second-order valence-electron chi connectivity index (χ2n) is 7.52. The standard InChI is InChI=1S/C22H25BrN2O4/c1-13(2)14-6-8-16(9-7-14)22(3)20(26)25(21(27)24-22)12-15-10-18(28-4)19(29-5)11-17(15)23/h6-11,13H,12H2,1-5H3,(H,24,27). The Labute approximate surface area is 179 Å². The Morgan fingerprint density at radius 3 is 2.21 bits per heavy atom. The molecule has 0 bridgehead atoms. The quantitative estimate of drug-likeness (QED) is 0.641. The molecule has 2 aromatic carbocycles. The van der Waals surface area contributed by atoms with E-state index in [0.717, 1.165) is 15.6 Å². The van der Waals surface area contributed by atoms with Crippen LogP contribution in [0.5, 0.6) is 11.5 Å². The third-order valence-electron chi connectivity index (χ3n) is 5.31. The van der Waals surface area contributed by atoms with Gasteiger partial charge in [-0.2, -0.15) is 0 Å². The third kappa shape index (κ3) is 3.83. The van der Waals surface area contributed by atoms with Crippen LogP contribution < -0.4 is 14.8 Å². The van der Waals surface area contributed by atoms with Gasteiger partial charge < -0.3 is 14.8 Å². The van der Waals surface area contributed by atoms with Gasteiger partial charge in [-0.3, -0.25) is 9.69 Å². The molecule has 1 heterocycles. The first-order valence-electron chi connectivity index (χ1n) is 9.36. The summed E-state index contributed by atoms with van der Waals surface area (Å²) in [6, 6.07) is 10.9. The molecule has 0 saturated carbocycles. The van der Waals surface area contributed by atoms with Gasteiger partial charge in [0, 0.05) is 4.47 Å². The van der Waals surface area contributed by atoms with Crippen LogP contribution in [0.3, 0.4) is 0 Å². The van der Waals surface area contributed by atoms with Crippen LogP contribution in [0.2, 0.25) is 0 Å². The van der Waals surface area contributed by atoms with Gasteiger partial charge in [0.1, 0.15) is 5.54 Å². The van der Waals surface area contributed by atoms with Gasteiger partial charge in [-0.05, 0) is 41.7 Å². The molecule has 1 saturated heterocycles. The fraction of sp³-hybridized carbons (Fsp3) is 0.364. The predicted molar refractivity (Wildman–Crippen MR) is 114 cm³/mol. The average Bonchev–Trinajstić information content (AvgIpc) is 2.92. The Balaban J connectivity index is 1.89. The van der Waals surface area contributed by atoms with E-state index < -0.39 is 11.6 Å². The summed E-state index contributed by atoms with van der Waals surface area (Å²) in [7, 11) is 3.10. The number of carbonyl (C=O) groups excluding carboxylic acids is 2. The summed E-state index contributed by atoms with van der Waals surface area (Å²) in [5.74, 6) is 1.20. The van der Waals surface area contributed by atoms with Crippen LogP contribution in [0.4, 0.5) is 4.79 Å². The van der Waals surface area contributed by atoms with E-state index in [-0.39, 0.29) is 12.5 Å². The minimum Gasteiger partial charge on any atom is -0.493 e. The highest BCUT2D eigenvalue weighted by Gasteiger charge is 2.49. The Morgan fingerprint density at radius 2 is 1.66 bits per heavy atom. The van der Waals surface area contributed by atoms with Crippen molar-refractivity contribution in [1.29, 1.82) is 0 Å². The number of ether oxygens (including phenoxy) is 2. The van der Waals surface area contributed by atoms with Gasteiger partial charge in [-0.25, -0.2) is 4.79 Å². The number of halogens is 1. The molecule has 1 aliphatic heterocycles. The molecule has 2 aromatic rings. The van der Waals surface area contributed by atoms with E-state index in [1.54, 1.807) is 33.3 Å². The number of rotatable bonds is 6. The second-order valence-corrected chi connectivity index (χ2v) is 8.38. The zero-order chi connectivity index (χ0) is 21.3. The number of imide groups is 1. The minimum atomic E-state index is -1.10. The first-order chi connectivity index (χ1) is 13.7. The normalized spacial score (nSPS) is 18.9. The van der Waals surface area contributed by atoms with E-state index in [4.69, 9.17) is 9.47 Å². The maximum atomic E-state index is 13.2. The lowest BCUT2D eigenvalue weighted by Gasteiger charge is -2.23. The van der Waals surface area contributed by atoms with Crippen molar-refractivity contribution in [3.63, 3.8) is 0 Å². The molecule has 6 nitrogen and oxygen atoms in total.